The topological polar surface area (TPSA) is 86.2 Å². The van der Waals surface area contributed by atoms with E-state index in [2.05, 4.69) is 25.3 Å². The minimum atomic E-state index is -0.0973. The molecular weight excluding hydrogens is 373 g/mol. The quantitative estimate of drug-likeness (QED) is 0.608. The number of aliphatic imine (C=N–C) groups is 1. The fraction of sp³-hybridized carbons (Fsp3) is 0.0556. The van der Waals surface area contributed by atoms with E-state index in [1.165, 1.54) is 0 Å². The molecule has 3 aromatic rings. The zero-order valence-corrected chi connectivity index (χ0v) is 14.9. The van der Waals surface area contributed by atoms with Crippen LogP contribution in [0.5, 0.6) is 5.88 Å². The van der Waals surface area contributed by atoms with Gasteiger partial charge in [0.1, 0.15) is 5.69 Å². The molecule has 0 fully saturated rings. The van der Waals surface area contributed by atoms with Crippen LogP contribution in [0, 0.1) is 0 Å². The van der Waals surface area contributed by atoms with Crippen molar-refractivity contribution < 1.29 is 5.11 Å². The zero-order valence-electron chi connectivity index (χ0n) is 13.4. The van der Waals surface area contributed by atoms with Gasteiger partial charge >= 0.3 is 0 Å². The maximum absolute atomic E-state index is 10.1. The number of H-pyrrole nitrogens is 1. The van der Waals surface area contributed by atoms with E-state index in [4.69, 9.17) is 23.2 Å². The first-order valence-electron chi connectivity index (χ1n) is 7.78. The lowest BCUT2D eigenvalue weighted by atomic mass is 10.1. The molecule has 0 spiro atoms. The maximum Gasteiger partial charge on any atom is 0.238 e. The highest BCUT2D eigenvalue weighted by molar-refractivity contribution is 6.42. The van der Waals surface area contributed by atoms with E-state index in [9.17, 15) is 5.11 Å². The van der Waals surface area contributed by atoms with Crippen LogP contribution in [0.3, 0.4) is 0 Å². The molecule has 1 aliphatic rings. The minimum Gasteiger partial charge on any atom is -0.492 e. The molecule has 26 heavy (non-hydrogen) atoms. The number of aromatic amines is 1. The molecule has 2 aromatic heterocycles. The van der Waals surface area contributed by atoms with Gasteiger partial charge in [-0.05, 0) is 35.9 Å². The Morgan fingerprint density at radius 1 is 1.19 bits per heavy atom. The van der Waals surface area contributed by atoms with Gasteiger partial charge in [-0.15, -0.1) is 0 Å². The number of fused-ring (bicyclic) bond motifs is 1. The van der Waals surface area contributed by atoms with E-state index in [1.54, 1.807) is 30.6 Å². The molecule has 1 aromatic carbocycles. The van der Waals surface area contributed by atoms with Gasteiger partial charge in [0.25, 0.3) is 0 Å². The first-order valence-corrected chi connectivity index (χ1v) is 8.53. The van der Waals surface area contributed by atoms with Crippen LogP contribution in [0.15, 0.2) is 41.5 Å². The molecular formula is C18H13Cl2N5O. The number of aromatic hydroxyl groups is 1. The van der Waals surface area contributed by atoms with Crippen LogP contribution >= 0.6 is 23.2 Å². The van der Waals surface area contributed by atoms with Gasteiger partial charge in [-0.3, -0.25) is 0 Å². The molecule has 0 radical (unpaired) electrons. The number of rotatable bonds is 4. The number of nitrogens with one attached hydrogen (secondary N) is 2. The summed E-state index contributed by atoms with van der Waals surface area (Å²) in [5, 5.41) is 14.2. The summed E-state index contributed by atoms with van der Waals surface area (Å²) in [6.45, 7) is 0.480. The average molecular weight is 386 g/mol. The Balaban J connectivity index is 1.52. The van der Waals surface area contributed by atoms with Gasteiger partial charge < -0.3 is 15.4 Å². The summed E-state index contributed by atoms with van der Waals surface area (Å²) in [5.74, 6) is 1.01. The third kappa shape index (κ3) is 3.29. The van der Waals surface area contributed by atoms with E-state index in [0.29, 0.717) is 34.1 Å². The Morgan fingerprint density at radius 3 is 2.92 bits per heavy atom. The largest absolute Gasteiger partial charge is 0.492 e. The minimum absolute atomic E-state index is 0.0973. The monoisotopic (exact) mass is 385 g/mol. The second-order valence-corrected chi connectivity index (χ2v) is 6.47. The standard InChI is InChI=1S/C18H13Cl2N5O/c19-13-4-3-10(6-14(13)20)8-23-18-24-15(17(26)25-18)7-11-9-22-16-12(11)2-1-5-21-16/h1-7,9,26H,8H2,(H2,23,24,25). The van der Waals surface area contributed by atoms with Gasteiger partial charge in [-0.25, -0.2) is 9.98 Å². The van der Waals surface area contributed by atoms with Crippen molar-refractivity contribution in [2.45, 2.75) is 6.54 Å². The fourth-order valence-electron chi connectivity index (χ4n) is 2.59. The summed E-state index contributed by atoms with van der Waals surface area (Å²) in [4.78, 5) is 15.6. The normalized spacial score (nSPS) is 14.0. The summed E-state index contributed by atoms with van der Waals surface area (Å²) in [6, 6.07) is 9.16. The van der Waals surface area contributed by atoms with E-state index < -0.39 is 0 Å². The number of imidazole rings is 1. The number of aromatic nitrogens is 3. The van der Waals surface area contributed by atoms with Crippen molar-refractivity contribution in [1.29, 1.82) is 0 Å². The number of anilines is 1. The second kappa shape index (κ2) is 6.82. The number of pyridine rings is 1. The van der Waals surface area contributed by atoms with Crippen LogP contribution in [-0.4, -0.2) is 26.3 Å². The number of halogens is 2. The summed E-state index contributed by atoms with van der Waals surface area (Å²) < 4.78 is 0. The molecule has 3 N–H and O–H groups in total. The summed E-state index contributed by atoms with van der Waals surface area (Å²) in [7, 11) is 0. The molecule has 130 valence electrons. The average Bonchev–Trinajstić information content (AvgIpc) is 3.20. The fourth-order valence-corrected chi connectivity index (χ4v) is 2.91. The van der Waals surface area contributed by atoms with Crippen molar-refractivity contribution in [2.24, 2.45) is 4.99 Å². The van der Waals surface area contributed by atoms with Gasteiger partial charge in [0.05, 0.1) is 10.0 Å². The molecule has 0 aliphatic carbocycles. The van der Waals surface area contributed by atoms with Crippen LogP contribution in [0.25, 0.3) is 11.6 Å². The SMILES string of the molecule is Oc1nc(NCc2ccc(Cl)c(Cl)c2)[nH]c1C=C1C=Nc2ncccc21. The molecule has 0 bridgehead atoms. The highest BCUT2D eigenvalue weighted by Crippen LogP contribution is 2.31. The third-order valence-electron chi connectivity index (χ3n) is 3.88. The van der Waals surface area contributed by atoms with Gasteiger partial charge in [-0.2, -0.15) is 4.98 Å². The number of hydrogen-bond acceptors (Lipinski definition) is 5. The van der Waals surface area contributed by atoms with Gasteiger partial charge in [-0.1, -0.05) is 29.3 Å². The van der Waals surface area contributed by atoms with Crippen molar-refractivity contribution >= 4 is 52.8 Å². The van der Waals surface area contributed by atoms with Gasteiger partial charge in [0.2, 0.25) is 11.8 Å². The summed E-state index contributed by atoms with van der Waals surface area (Å²) >= 11 is 11.9. The maximum atomic E-state index is 10.1. The highest BCUT2D eigenvalue weighted by Gasteiger charge is 2.15. The summed E-state index contributed by atoms with van der Waals surface area (Å²) in [6.07, 6.45) is 5.18. The Hall–Kier alpha value is -2.83. The number of benzene rings is 1. The van der Waals surface area contributed by atoms with E-state index in [1.807, 2.05) is 18.2 Å². The molecule has 0 amide bonds. The number of nitrogens with zero attached hydrogens (tertiary/aromatic N) is 3. The van der Waals surface area contributed by atoms with Crippen molar-refractivity contribution in [2.75, 3.05) is 5.32 Å². The van der Waals surface area contributed by atoms with Crippen molar-refractivity contribution in [3.63, 3.8) is 0 Å². The Labute approximate surface area is 159 Å². The van der Waals surface area contributed by atoms with E-state index in [0.717, 1.165) is 16.7 Å². The molecule has 8 heteroatoms. The van der Waals surface area contributed by atoms with Gasteiger partial charge in [0.15, 0.2) is 5.82 Å². The number of allylic oxidation sites excluding steroid dienone is 1. The molecule has 1 aliphatic heterocycles. The Kier molecular flexibility index (Phi) is 4.36. The first-order chi connectivity index (χ1) is 12.6. The molecule has 0 saturated heterocycles. The summed E-state index contributed by atoms with van der Waals surface area (Å²) in [5.41, 5.74) is 3.19. The predicted molar refractivity (Wildman–Crippen MR) is 104 cm³/mol. The molecule has 3 heterocycles. The highest BCUT2D eigenvalue weighted by atomic mass is 35.5. The molecule has 0 atom stereocenters. The lowest BCUT2D eigenvalue weighted by Gasteiger charge is -2.04. The Morgan fingerprint density at radius 2 is 2.08 bits per heavy atom. The molecule has 0 unspecified atom stereocenters. The van der Waals surface area contributed by atoms with Gasteiger partial charge in [0, 0.05) is 30.1 Å². The molecule has 0 saturated carbocycles. The predicted octanol–water partition coefficient (Wildman–Crippen LogP) is 4.69. The lowest BCUT2D eigenvalue weighted by molar-refractivity contribution is 0.455. The third-order valence-corrected chi connectivity index (χ3v) is 4.62. The second-order valence-electron chi connectivity index (χ2n) is 5.66. The molecule has 6 nitrogen and oxygen atoms in total. The molecule has 4 rings (SSSR count). The van der Waals surface area contributed by atoms with Crippen LogP contribution in [0.2, 0.25) is 10.0 Å². The van der Waals surface area contributed by atoms with E-state index >= 15 is 0 Å². The van der Waals surface area contributed by atoms with Crippen molar-refractivity contribution in [1.82, 2.24) is 15.0 Å². The smallest absolute Gasteiger partial charge is 0.238 e. The van der Waals surface area contributed by atoms with Crippen molar-refractivity contribution in [3.05, 3.63) is 63.4 Å². The van der Waals surface area contributed by atoms with E-state index in [-0.39, 0.29) is 5.88 Å². The first kappa shape index (κ1) is 16.6. The zero-order chi connectivity index (χ0) is 18.1. The van der Waals surface area contributed by atoms with Crippen LogP contribution in [0.4, 0.5) is 11.8 Å². The Bertz CT molecular complexity index is 1040. The lowest BCUT2D eigenvalue weighted by Crippen LogP contribution is -2.00. The van der Waals surface area contributed by atoms with Crippen molar-refractivity contribution in [3.8, 4) is 5.88 Å². The van der Waals surface area contributed by atoms with Crippen LogP contribution in [-0.2, 0) is 6.54 Å². The van der Waals surface area contributed by atoms with Crippen LogP contribution < -0.4 is 5.32 Å². The number of hydrogen-bond donors (Lipinski definition) is 3. The van der Waals surface area contributed by atoms with Crippen LogP contribution in [0.1, 0.15) is 16.8 Å².